The topological polar surface area (TPSA) is 71.2 Å². The van der Waals surface area contributed by atoms with Crippen molar-refractivity contribution in [3.8, 4) is 0 Å². The van der Waals surface area contributed by atoms with Gasteiger partial charge in [-0.1, -0.05) is 0 Å². The summed E-state index contributed by atoms with van der Waals surface area (Å²) in [6.45, 7) is 2.90. The number of pyridine rings is 1. The standard InChI is InChI=1S/C9H14N4O/c1-3-13(2)8-5-4-7(6-11-8)9(14)12-10/h4-6H,3,10H2,1-2H3,(H,12,14). The van der Waals surface area contributed by atoms with Crippen molar-refractivity contribution in [2.24, 2.45) is 5.84 Å². The monoisotopic (exact) mass is 194 g/mol. The Bertz CT molecular complexity index is 309. The van der Waals surface area contributed by atoms with Gasteiger partial charge in [-0.25, -0.2) is 10.8 Å². The first-order valence-electron chi connectivity index (χ1n) is 4.37. The fourth-order valence-electron chi connectivity index (χ4n) is 0.992. The maximum Gasteiger partial charge on any atom is 0.266 e. The summed E-state index contributed by atoms with van der Waals surface area (Å²) in [5, 5.41) is 0. The van der Waals surface area contributed by atoms with E-state index >= 15 is 0 Å². The highest BCUT2D eigenvalue weighted by atomic mass is 16.2. The molecule has 5 heteroatoms. The average Bonchev–Trinajstić information content (AvgIpc) is 2.27. The first-order valence-corrected chi connectivity index (χ1v) is 4.37. The second kappa shape index (κ2) is 4.57. The molecule has 0 saturated carbocycles. The minimum absolute atomic E-state index is 0.330. The van der Waals surface area contributed by atoms with Gasteiger partial charge in [0, 0.05) is 19.8 Å². The Hall–Kier alpha value is -1.62. The fraction of sp³-hybridized carbons (Fsp3) is 0.333. The molecule has 3 N–H and O–H groups in total. The fourth-order valence-corrected chi connectivity index (χ4v) is 0.992. The molecular weight excluding hydrogens is 180 g/mol. The van der Waals surface area contributed by atoms with E-state index in [0.717, 1.165) is 12.4 Å². The summed E-state index contributed by atoms with van der Waals surface area (Å²) in [6, 6.07) is 3.48. The van der Waals surface area contributed by atoms with Crippen molar-refractivity contribution in [2.75, 3.05) is 18.5 Å². The Morgan fingerprint density at radius 2 is 2.36 bits per heavy atom. The number of nitrogen functional groups attached to an aromatic ring is 1. The van der Waals surface area contributed by atoms with Gasteiger partial charge in [-0.15, -0.1) is 0 Å². The lowest BCUT2D eigenvalue weighted by Crippen LogP contribution is -2.30. The van der Waals surface area contributed by atoms with Crippen LogP contribution in [0.2, 0.25) is 0 Å². The molecule has 0 bridgehead atoms. The molecule has 0 aliphatic carbocycles. The number of anilines is 1. The first-order chi connectivity index (χ1) is 6.69. The Kier molecular flexibility index (Phi) is 3.41. The van der Waals surface area contributed by atoms with Crippen molar-refractivity contribution in [1.29, 1.82) is 0 Å². The SMILES string of the molecule is CCN(C)c1ccc(C(=O)NN)cn1. The van der Waals surface area contributed by atoms with E-state index in [1.165, 1.54) is 6.20 Å². The van der Waals surface area contributed by atoms with E-state index in [2.05, 4.69) is 10.4 Å². The molecule has 14 heavy (non-hydrogen) atoms. The number of aromatic nitrogens is 1. The van der Waals surface area contributed by atoms with Crippen LogP contribution in [0.25, 0.3) is 0 Å². The second-order valence-corrected chi connectivity index (χ2v) is 2.89. The van der Waals surface area contributed by atoms with Crippen molar-refractivity contribution < 1.29 is 4.79 Å². The molecule has 0 unspecified atom stereocenters. The van der Waals surface area contributed by atoms with Crippen LogP contribution in [0.4, 0.5) is 5.82 Å². The molecule has 1 heterocycles. The van der Waals surface area contributed by atoms with Gasteiger partial charge in [-0.2, -0.15) is 0 Å². The van der Waals surface area contributed by atoms with E-state index in [0.29, 0.717) is 5.56 Å². The minimum Gasteiger partial charge on any atom is -0.360 e. The Morgan fingerprint density at radius 1 is 1.64 bits per heavy atom. The van der Waals surface area contributed by atoms with Crippen molar-refractivity contribution in [3.05, 3.63) is 23.9 Å². The molecule has 0 spiro atoms. The Labute approximate surface area is 82.9 Å². The van der Waals surface area contributed by atoms with Crippen LogP contribution < -0.4 is 16.2 Å². The van der Waals surface area contributed by atoms with E-state index in [4.69, 9.17) is 5.84 Å². The number of hydrogen-bond acceptors (Lipinski definition) is 4. The molecule has 1 rings (SSSR count). The summed E-state index contributed by atoms with van der Waals surface area (Å²) >= 11 is 0. The number of nitrogens with two attached hydrogens (primary N) is 1. The number of carbonyl (C=O) groups is 1. The molecule has 0 saturated heterocycles. The molecule has 0 atom stereocenters. The van der Waals surface area contributed by atoms with Gasteiger partial charge < -0.3 is 4.90 Å². The van der Waals surface area contributed by atoms with Gasteiger partial charge in [-0.05, 0) is 19.1 Å². The Balaban J connectivity index is 2.83. The molecule has 76 valence electrons. The molecular formula is C9H14N4O. The van der Waals surface area contributed by atoms with Gasteiger partial charge in [0.25, 0.3) is 5.91 Å². The van der Waals surface area contributed by atoms with Gasteiger partial charge in [0.15, 0.2) is 0 Å². The highest BCUT2D eigenvalue weighted by Gasteiger charge is 2.04. The van der Waals surface area contributed by atoms with Crippen molar-refractivity contribution in [2.45, 2.75) is 6.92 Å². The lowest BCUT2D eigenvalue weighted by atomic mass is 10.2. The highest BCUT2D eigenvalue weighted by Crippen LogP contribution is 2.08. The van der Waals surface area contributed by atoms with Crippen LogP contribution in [-0.4, -0.2) is 24.5 Å². The maximum absolute atomic E-state index is 11.1. The third-order valence-electron chi connectivity index (χ3n) is 2.01. The number of nitrogens with one attached hydrogen (secondary N) is 1. The first kappa shape index (κ1) is 10.5. The van der Waals surface area contributed by atoms with E-state index in [9.17, 15) is 4.79 Å². The predicted molar refractivity (Wildman–Crippen MR) is 54.8 cm³/mol. The van der Waals surface area contributed by atoms with Crippen molar-refractivity contribution >= 4 is 11.7 Å². The number of hydrazine groups is 1. The largest absolute Gasteiger partial charge is 0.360 e. The van der Waals surface area contributed by atoms with Crippen LogP contribution in [0.1, 0.15) is 17.3 Å². The van der Waals surface area contributed by atoms with Gasteiger partial charge in [0.2, 0.25) is 0 Å². The molecule has 0 radical (unpaired) electrons. The number of rotatable bonds is 3. The lowest BCUT2D eigenvalue weighted by molar-refractivity contribution is 0.0953. The molecule has 0 aromatic carbocycles. The number of nitrogens with zero attached hydrogens (tertiary/aromatic N) is 2. The second-order valence-electron chi connectivity index (χ2n) is 2.89. The summed E-state index contributed by atoms with van der Waals surface area (Å²) in [7, 11) is 1.94. The third kappa shape index (κ3) is 2.20. The smallest absolute Gasteiger partial charge is 0.266 e. The average molecular weight is 194 g/mol. The van der Waals surface area contributed by atoms with E-state index in [-0.39, 0.29) is 5.91 Å². The number of carbonyl (C=O) groups excluding carboxylic acids is 1. The van der Waals surface area contributed by atoms with E-state index in [1.54, 1.807) is 12.1 Å². The van der Waals surface area contributed by atoms with Gasteiger partial charge >= 0.3 is 0 Å². The van der Waals surface area contributed by atoms with Crippen LogP contribution in [0.3, 0.4) is 0 Å². The summed E-state index contributed by atoms with van der Waals surface area (Å²) in [5.41, 5.74) is 2.51. The lowest BCUT2D eigenvalue weighted by Gasteiger charge is -2.15. The van der Waals surface area contributed by atoms with Crippen LogP contribution in [0.5, 0.6) is 0 Å². The quantitative estimate of drug-likeness (QED) is 0.408. The summed E-state index contributed by atoms with van der Waals surface area (Å²) in [6.07, 6.45) is 1.50. The summed E-state index contributed by atoms with van der Waals surface area (Å²) in [4.78, 5) is 17.2. The van der Waals surface area contributed by atoms with Crippen LogP contribution in [0.15, 0.2) is 18.3 Å². The van der Waals surface area contributed by atoms with E-state index in [1.807, 2.05) is 18.9 Å². The zero-order valence-corrected chi connectivity index (χ0v) is 8.32. The molecule has 0 fully saturated rings. The third-order valence-corrected chi connectivity index (χ3v) is 2.01. The molecule has 1 aromatic rings. The molecule has 1 aromatic heterocycles. The number of amides is 1. The normalized spacial score (nSPS) is 9.64. The number of hydrogen-bond donors (Lipinski definition) is 2. The molecule has 1 amide bonds. The van der Waals surface area contributed by atoms with Gasteiger partial charge in [0.1, 0.15) is 5.82 Å². The highest BCUT2D eigenvalue weighted by molar-refractivity contribution is 5.93. The van der Waals surface area contributed by atoms with Crippen LogP contribution in [0, 0.1) is 0 Å². The summed E-state index contributed by atoms with van der Waals surface area (Å²) in [5.74, 6) is 5.49. The zero-order valence-electron chi connectivity index (χ0n) is 8.32. The molecule has 0 aliphatic heterocycles. The summed E-state index contributed by atoms with van der Waals surface area (Å²) < 4.78 is 0. The maximum atomic E-state index is 11.1. The van der Waals surface area contributed by atoms with Crippen LogP contribution in [-0.2, 0) is 0 Å². The van der Waals surface area contributed by atoms with Gasteiger partial charge in [-0.3, -0.25) is 10.2 Å². The molecule has 5 nitrogen and oxygen atoms in total. The zero-order chi connectivity index (χ0) is 10.6. The Morgan fingerprint density at radius 3 is 2.79 bits per heavy atom. The van der Waals surface area contributed by atoms with Crippen molar-refractivity contribution in [1.82, 2.24) is 10.4 Å². The minimum atomic E-state index is -0.330. The van der Waals surface area contributed by atoms with Gasteiger partial charge in [0.05, 0.1) is 5.56 Å². The van der Waals surface area contributed by atoms with Crippen LogP contribution >= 0.6 is 0 Å². The van der Waals surface area contributed by atoms with Crippen molar-refractivity contribution in [3.63, 3.8) is 0 Å². The molecule has 0 aliphatic rings. The van der Waals surface area contributed by atoms with E-state index < -0.39 is 0 Å². The predicted octanol–water partition coefficient (Wildman–Crippen LogP) is 0.141.